The summed E-state index contributed by atoms with van der Waals surface area (Å²) in [6.07, 6.45) is 6.58. The molecule has 0 spiro atoms. The Hall–Kier alpha value is -0.410. The van der Waals surface area contributed by atoms with Gasteiger partial charge in [-0.25, -0.2) is 4.98 Å². The van der Waals surface area contributed by atoms with Crippen molar-refractivity contribution in [2.24, 2.45) is 5.41 Å². The summed E-state index contributed by atoms with van der Waals surface area (Å²) in [5.41, 5.74) is 1.72. The molecule has 0 bridgehead atoms. The lowest BCUT2D eigenvalue weighted by Gasteiger charge is -2.41. The molecule has 0 aromatic carbocycles. The predicted octanol–water partition coefficient (Wildman–Crippen LogP) is 4.42. The van der Waals surface area contributed by atoms with Crippen molar-refractivity contribution in [3.8, 4) is 0 Å². The topological polar surface area (TPSA) is 24.9 Å². The van der Waals surface area contributed by atoms with Gasteiger partial charge in [0.1, 0.15) is 5.01 Å². The van der Waals surface area contributed by atoms with E-state index < -0.39 is 0 Å². The van der Waals surface area contributed by atoms with Gasteiger partial charge in [-0.1, -0.05) is 34.1 Å². The molecule has 1 aromatic heterocycles. The van der Waals surface area contributed by atoms with E-state index in [1.165, 1.54) is 42.8 Å². The molecule has 1 heterocycles. The molecule has 1 atom stereocenters. The molecule has 1 N–H and O–H groups in total. The smallest absolute Gasteiger partial charge is 0.114 e. The normalized spacial score (nSPS) is 30.2. The second-order valence-electron chi connectivity index (χ2n) is 7.29. The first kappa shape index (κ1) is 13.6. The van der Waals surface area contributed by atoms with Gasteiger partial charge in [-0.15, -0.1) is 11.3 Å². The minimum Gasteiger partial charge on any atom is -0.302 e. The molecule has 19 heavy (non-hydrogen) atoms. The van der Waals surface area contributed by atoms with Crippen LogP contribution in [-0.4, -0.2) is 11.0 Å². The van der Waals surface area contributed by atoms with Crippen molar-refractivity contribution >= 4 is 11.3 Å². The van der Waals surface area contributed by atoms with Gasteiger partial charge in [-0.2, -0.15) is 0 Å². The van der Waals surface area contributed by atoms with Crippen LogP contribution >= 0.6 is 11.3 Å². The van der Waals surface area contributed by atoms with Crippen LogP contribution in [0.25, 0.3) is 0 Å². The minimum atomic E-state index is 0.131. The number of thiazole rings is 1. The third-order valence-corrected chi connectivity index (χ3v) is 6.04. The molecule has 0 aliphatic heterocycles. The van der Waals surface area contributed by atoms with Crippen molar-refractivity contribution in [3.63, 3.8) is 0 Å². The molecule has 2 saturated carbocycles. The Morgan fingerprint density at radius 1 is 1.32 bits per heavy atom. The van der Waals surface area contributed by atoms with E-state index in [1.54, 1.807) is 0 Å². The van der Waals surface area contributed by atoms with E-state index >= 15 is 0 Å². The number of nitrogens with one attached hydrogen (secondary N) is 1. The lowest BCUT2D eigenvalue weighted by molar-refractivity contribution is 0.153. The van der Waals surface area contributed by atoms with E-state index in [-0.39, 0.29) is 5.54 Å². The van der Waals surface area contributed by atoms with Crippen LogP contribution in [0.2, 0.25) is 0 Å². The second-order valence-corrected chi connectivity index (χ2v) is 8.15. The van der Waals surface area contributed by atoms with Gasteiger partial charge in [-0.05, 0) is 37.0 Å². The van der Waals surface area contributed by atoms with Crippen LogP contribution < -0.4 is 5.32 Å². The quantitative estimate of drug-likeness (QED) is 0.881. The molecule has 1 aromatic rings. The van der Waals surface area contributed by atoms with Crippen LogP contribution in [0.15, 0.2) is 5.38 Å². The standard InChI is InChI=1S/C16H26N2S/c1-11(2)13-10-19-14(17-13)16(18-12-6-7-12)9-5-8-15(16,3)4/h10-12,18H,5-9H2,1-4H3. The van der Waals surface area contributed by atoms with Crippen molar-refractivity contribution in [2.75, 3.05) is 0 Å². The predicted molar refractivity (Wildman–Crippen MR) is 81.7 cm³/mol. The minimum absolute atomic E-state index is 0.131. The van der Waals surface area contributed by atoms with E-state index in [9.17, 15) is 0 Å². The summed E-state index contributed by atoms with van der Waals surface area (Å²) >= 11 is 1.87. The number of hydrogen-bond acceptors (Lipinski definition) is 3. The lowest BCUT2D eigenvalue weighted by Crippen LogP contribution is -2.50. The molecule has 3 heteroatoms. The first-order valence-corrected chi connectivity index (χ1v) is 8.56. The van der Waals surface area contributed by atoms with Gasteiger partial charge in [0.15, 0.2) is 0 Å². The highest BCUT2D eigenvalue weighted by atomic mass is 32.1. The summed E-state index contributed by atoms with van der Waals surface area (Å²) in [6, 6.07) is 0.740. The largest absolute Gasteiger partial charge is 0.302 e. The third kappa shape index (κ3) is 2.25. The molecule has 2 aliphatic rings. The molecular weight excluding hydrogens is 252 g/mol. The van der Waals surface area contributed by atoms with Crippen molar-refractivity contribution in [1.29, 1.82) is 0 Å². The SMILES string of the molecule is CC(C)c1csc(C2(NC3CC3)CCCC2(C)C)n1. The van der Waals surface area contributed by atoms with Crippen molar-refractivity contribution in [1.82, 2.24) is 10.3 Å². The molecule has 1 unspecified atom stereocenters. The van der Waals surface area contributed by atoms with Gasteiger partial charge in [0.25, 0.3) is 0 Å². The Kier molecular flexibility index (Phi) is 3.25. The molecule has 2 fully saturated rings. The molecule has 106 valence electrons. The van der Waals surface area contributed by atoms with E-state index in [4.69, 9.17) is 4.98 Å². The average Bonchev–Trinajstić information content (AvgIpc) is 2.89. The summed E-state index contributed by atoms with van der Waals surface area (Å²) in [5, 5.41) is 7.58. The molecule has 3 rings (SSSR count). The Labute approximate surface area is 121 Å². The van der Waals surface area contributed by atoms with Gasteiger partial charge in [-0.3, -0.25) is 0 Å². The van der Waals surface area contributed by atoms with Crippen LogP contribution in [0, 0.1) is 5.41 Å². The van der Waals surface area contributed by atoms with Gasteiger partial charge >= 0.3 is 0 Å². The molecule has 0 amide bonds. The highest BCUT2D eigenvalue weighted by molar-refractivity contribution is 7.09. The van der Waals surface area contributed by atoms with Crippen LogP contribution in [0.1, 0.15) is 76.4 Å². The van der Waals surface area contributed by atoms with Gasteiger partial charge in [0.05, 0.1) is 11.2 Å². The number of nitrogens with zero attached hydrogens (tertiary/aromatic N) is 1. The van der Waals surface area contributed by atoms with E-state index in [1.807, 2.05) is 11.3 Å². The summed E-state index contributed by atoms with van der Waals surface area (Å²) in [6.45, 7) is 9.32. The number of rotatable bonds is 4. The first-order valence-electron chi connectivity index (χ1n) is 7.68. The van der Waals surface area contributed by atoms with Gasteiger partial charge in [0.2, 0.25) is 0 Å². The van der Waals surface area contributed by atoms with Crippen molar-refractivity contribution in [2.45, 2.75) is 77.3 Å². The highest BCUT2D eigenvalue weighted by Gasteiger charge is 2.53. The van der Waals surface area contributed by atoms with Gasteiger partial charge in [0, 0.05) is 11.4 Å². The molecule has 0 saturated heterocycles. The second kappa shape index (κ2) is 4.56. The zero-order chi connectivity index (χ0) is 13.7. The fraction of sp³-hybridized carbons (Fsp3) is 0.812. The zero-order valence-electron chi connectivity index (χ0n) is 12.6. The summed E-state index contributed by atoms with van der Waals surface area (Å²) in [7, 11) is 0. The van der Waals surface area contributed by atoms with E-state index in [2.05, 4.69) is 38.4 Å². The summed E-state index contributed by atoms with van der Waals surface area (Å²) in [5.74, 6) is 0.535. The van der Waals surface area contributed by atoms with Crippen LogP contribution in [0.5, 0.6) is 0 Å². The maximum atomic E-state index is 5.00. The Morgan fingerprint density at radius 2 is 2.05 bits per heavy atom. The van der Waals surface area contributed by atoms with E-state index in [0.717, 1.165) is 6.04 Å². The highest BCUT2D eigenvalue weighted by Crippen LogP contribution is 2.54. The van der Waals surface area contributed by atoms with Crippen LogP contribution in [0.4, 0.5) is 0 Å². The number of aromatic nitrogens is 1. The Morgan fingerprint density at radius 3 is 2.53 bits per heavy atom. The monoisotopic (exact) mass is 278 g/mol. The van der Waals surface area contributed by atoms with Crippen LogP contribution in [-0.2, 0) is 5.54 Å². The van der Waals surface area contributed by atoms with E-state index in [0.29, 0.717) is 11.3 Å². The van der Waals surface area contributed by atoms with Crippen molar-refractivity contribution in [3.05, 3.63) is 16.1 Å². The number of hydrogen-bond donors (Lipinski definition) is 1. The first-order chi connectivity index (χ1) is 8.95. The third-order valence-electron chi connectivity index (χ3n) is 5.02. The Bertz CT molecular complexity index is 459. The maximum Gasteiger partial charge on any atom is 0.114 e. The molecule has 0 radical (unpaired) electrons. The average molecular weight is 278 g/mol. The molecular formula is C16H26N2S. The molecule has 2 aliphatic carbocycles. The van der Waals surface area contributed by atoms with Crippen molar-refractivity contribution < 1.29 is 0 Å². The zero-order valence-corrected chi connectivity index (χ0v) is 13.4. The molecule has 2 nitrogen and oxygen atoms in total. The Balaban J connectivity index is 1.98. The summed E-state index contributed by atoms with van der Waals surface area (Å²) < 4.78 is 0. The fourth-order valence-electron chi connectivity index (χ4n) is 3.40. The summed E-state index contributed by atoms with van der Waals surface area (Å²) in [4.78, 5) is 5.00. The fourth-order valence-corrected chi connectivity index (χ4v) is 4.75. The lowest BCUT2D eigenvalue weighted by atomic mass is 9.75. The van der Waals surface area contributed by atoms with Crippen LogP contribution in [0.3, 0.4) is 0 Å². The van der Waals surface area contributed by atoms with Gasteiger partial charge < -0.3 is 5.32 Å². The maximum absolute atomic E-state index is 5.00.